The lowest BCUT2D eigenvalue weighted by Gasteiger charge is -2.09. The molecule has 92 valence electrons. The minimum absolute atomic E-state index is 0.738. The van der Waals surface area contributed by atoms with Crippen LogP contribution >= 0.6 is 0 Å². The van der Waals surface area contributed by atoms with Crippen LogP contribution in [0, 0.1) is 6.92 Å². The van der Waals surface area contributed by atoms with Gasteiger partial charge < -0.3 is 5.32 Å². The van der Waals surface area contributed by atoms with Crippen molar-refractivity contribution in [3.05, 3.63) is 40.9 Å². The molecule has 0 aliphatic heterocycles. The van der Waals surface area contributed by atoms with Gasteiger partial charge in [-0.25, -0.2) is 0 Å². The fourth-order valence-corrected chi connectivity index (χ4v) is 2.19. The normalized spacial score (nSPS) is 16.1. The lowest BCUT2D eigenvalue weighted by Crippen LogP contribution is -2.09. The van der Waals surface area contributed by atoms with Gasteiger partial charge >= 0.3 is 0 Å². The molecule has 0 atom stereocenters. The highest BCUT2D eigenvalue weighted by Gasteiger charge is 2.25. The SMILES string of the molecule is CC/C=C(\Cc1cc(C)nc(C2CC2)c1)NC. The molecule has 0 saturated heterocycles. The molecule has 2 rings (SSSR count). The summed E-state index contributed by atoms with van der Waals surface area (Å²) in [6.07, 6.45) is 6.97. The van der Waals surface area contributed by atoms with Crippen molar-refractivity contribution in [3.63, 3.8) is 0 Å². The topological polar surface area (TPSA) is 24.9 Å². The third-order valence-corrected chi connectivity index (χ3v) is 3.19. The molecule has 1 N–H and O–H groups in total. The van der Waals surface area contributed by atoms with E-state index >= 15 is 0 Å². The van der Waals surface area contributed by atoms with E-state index in [9.17, 15) is 0 Å². The summed E-state index contributed by atoms with van der Waals surface area (Å²) in [7, 11) is 2.00. The van der Waals surface area contributed by atoms with E-state index in [-0.39, 0.29) is 0 Å². The second kappa shape index (κ2) is 5.35. The van der Waals surface area contributed by atoms with Crippen LogP contribution in [0.15, 0.2) is 23.9 Å². The molecule has 0 aromatic carbocycles. The monoisotopic (exact) mass is 230 g/mol. The Labute approximate surface area is 104 Å². The zero-order valence-corrected chi connectivity index (χ0v) is 11.1. The lowest BCUT2D eigenvalue weighted by molar-refractivity contribution is 0.891. The van der Waals surface area contributed by atoms with Crippen LogP contribution in [0.2, 0.25) is 0 Å². The molecule has 0 amide bonds. The van der Waals surface area contributed by atoms with Gasteiger partial charge in [0.25, 0.3) is 0 Å². The van der Waals surface area contributed by atoms with Crippen LogP contribution in [0.4, 0.5) is 0 Å². The maximum absolute atomic E-state index is 4.64. The summed E-state index contributed by atoms with van der Waals surface area (Å²) in [5.41, 5.74) is 5.14. The van der Waals surface area contributed by atoms with Gasteiger partial charge in [0.2, 0.25) is 0 Å². The highest BCUT2D eigenvalue weighted by atomic mass is 14.8. The number of allylic oxidation sites excluding steroid dienone is 2. The smallest absolute Gasteiger partial charge is 0.0440 e. The molecule has 1 aliphatic rings. The van der Waals surface area contributed by atoms with E-state index in [4.69, 9.17) is 0 Å². The van der Waals surface area contributed by atoms with Gasteiger partial charge in [0.15, 0.2) is 0 Å². The molecule has 0 spiro atoms. The Bertz CT molecular complexity index is 417. The van der Waals surface area contributed by atoms with Crippen molar-refractivity contribution in [1.82, 2.24) is 10.3 Å². The molecule has 2 heteroatoms. The predicted molar refractivity (Wildman–Crippen MR) is 72.1 cm³/mol. The average molecular weight is 230 g/mol. The molecule has 1 fully saturated rings. The molecular formula is C15H22N2. The molecule has 1 aromatic rings. The number of hydrogen-bond acceptors (Lipinski definition) is 2. The fourth-order valence-electron chi connectivity index (χ4n) is 2.19. The van der Waals surface area contributed by atoms with E-state index in [1.54, 1.807) is 0 Å². The first-order valence-corrected chi connectivity index (χ1v) is 6.57. The zero-order chi connectivity index (χ0) is 12.3. The van der Waals surface area contributed by atoms with Gasteiger partial charge in [-0.3, -0.25) is 4.98 Å². The van der Waals surface area contributed by atoms with Crippen molar-refractivity contribution in [2.24, 2.45) is 0 Å². The van der Waals surface area contributed by atoms with Gasteiger partial charge in [0.05, 0.1) is 0 Å². The Morgan fingerprint density at radius 1 is 1.47 bits per heavy atom. The average Bonchev–Trinajstić information content (AvgIpc) is 3.11. The second-order valence-corrected chi connectivity index (χ2v) is 4.88. The highest BCUT2D eigenvalue weighted by molar-refractivity contribution is 5.28. The summed E-state index contributed by atoms with van der Waals surface area (Å²) in [5.74, 6) is 0.738. The first kappa shape index (κ1) is 12.2. The molecule has 0 radical (unpaired) electrons. The van der Waals surface area contributed by atoms with Crippen LogP contribution in [-0.4, -0.2) is 12.0 Å². The van der Waals surface area contributed by atoms with Crippen molar-refractivity contribution < 1.29 is 0 Å². The molecule has 2 nitrogen and oxygen atoms in total. The van der Waals surface area contributed by atoms with Gasteiger partial charge in [0, 0.05) is 36.5 Å². The maximum Gasteiger partial charge on any atom is 0.0440 e. The summed E-state index contributed by atoms with van der Waals surface area (Å²) in [6, 6.07) is 4.48. The summed E-state index contributed by atoms with van der Waals surface area (Å²) in [4.78, 5) is 4.64. The number of nitrogens with one attached hydrogen (secondary N) is 1. The molecule has 0 bridgehead atoms. The van der Waals surface area contributed by atoms with Gasteiger partial charge in [-0.2, -0.15) is 0 Å². The van der Waals surface area contributed by atoms with E-state index in [0.717, 1.165) is 24.5 Å². The maximum atomic E-state index is 4.64. The third kappa shape index (κ3) is 3.32. The second-order valence-electron chi connectivity index (χ2n) is 4.88. The van der Waals surface area contributed by atoms with E-state index in [2.05, 4.69) is 42.4 Å². The number of aromatic nitrogens is 1. The van der Waals surface area contributed by atoms with Crippen LogP contribution in [0.25, 0.3) is 0 Å². The summed E-state index contributed by atoms with van der Waals surface area (Å²) >= 11 is 0. The Kier molecular flexibility index (Phi) is 3.82. The van der Waals surface area contributed by atoms with E-state index in [0.29, 0.717) is 0 Å². The Hall–Kier alpha value is -1.31. The Morgan fingerprint density at radius 3 is 2.82 bits per heavy atom. The minimum atomic E-state index is 0.738. The first-order chi connectivity index (χ1) is 8.22. The van der Waals surface area contributed by atoms with Crippen LogP contribution in [0.3, 0.4) is 0 Å². The van der Waals surface area contributed by atoms with E-state index in [1.807, 2.05) is 7.05 Å². The van der Waals surface area contributed by atoms with Crippen LogP contribution in [-0.2, 0) is 6.42 Å². The van der Waals surface area contributed by atoms with Crippen molar-refractivity contribution in [2.45, 2.75) is 45.4 Å². The summed E-state index contributed by atoms with van der Waals surface area (Å²) < 4.78 is 0. The number of aryl methyl sites for hydroxylation is 1. The molecular weight excluding hydrogens is 208 g/mol. The molecule has 17 heavy (non-hydrogen) atoms. The van der Waals surface area contributed by atoms with Crippen LogP contribution in [0.5, 0.6) is 0 Å². The predicted octanol–water partition coefficient (Wildman–Crippen LogP) is 3.32. The number of hydrogen-bond donors (Lipinski definition) is 1. The highest BCUT2D eigenvalue weighted by Crippen LogP contribution is 2.39. The minimum Gasteiger partial charge on any atom is -0.391 e. The number of likely N-dealkylation sites (N-methyl/N-ethyl adjacent to an activating group) is 1. The third-order valence-electron chi connectivity index (χ3n) is 3.19. The first-order valence-electron chi connectivity index (χ1n) is 6.57. The van der Waals surface area contributed by atoms with Crippen molar-refractivity contribution >= 4 is 0 Å². The standard InChI is InChI=1S/C15H22N2/c1-4-5-14(16-3)9-12-8-11(2)17-15(10-12)13-6-7-13/h5,8,10,13,16H,4,6-7,9H2,1-3H3/b14-5+. The largest absolute Gasteiger partial charge is 0.391 e. The van der Waals surface area contributed by atoms with E-state index in [1.165, 1.54) is 29.8 Å². The van der Waals surface area contributed by atoms with Gasteiger partial charge in [0.1, 0.15) is 0 Å². The quantitative estimate of drug-likeness (QED) is 0.839. The zero-order valence-electron chi connectivity index (χ0n) is 11.1. The molecule has 1 heterocycles. The van der Waals surface area contributed by atoms with Gasteiger partial charge in [-0.15, -0.1) is 0 Å². The van der Waals surface area contributed by atoms with E-state index < -0.39 is 0 Å². The summed E-state index contributed by atoms with van der Waals surface area (Å²) in [5, 5.41) is 3.28. The van der Waals surface area contributed by atoms with Gasteiger partial charge in [-0.05, 0) is 43.9 Å². The molecule has 1 aliphatic carbocycles. The van der Waals surface area contributed by atoms with Crippen LogP contribution in [0.1, 0.15) is 49.1 Å². The fraction of sp³-hybridized carbons (Fsp3) is 0.533. The Morgan fingerprint density at radius 2 is 2.24 bits per heavy atom. The lowest BCUT2D eigenvalue weighted by atomic mass is 10.1. The molecule has 0 unspecified atom stereocenters. The van der Waals surface area contributed by atoms with Crippen molar-refractivity contribution in [3.8, 4) is 0 Å². The number of nitrogens with zero attached hydrogens (tertiary/aromatic N) is 1. The molecule has 1 aromatic heterocycles. The van der Waals surface area contributed by atoms with Crippen molar-refractivity contribution in [2.75, 3.05) is 7.05 Å². The van der Waals surface area contributed by atoms with Crippen molar-refractivity contribution in [1.29, 1.82) is 0 Å². The van der Waals surface area contributed by atoms with Crippen LogP contribution < -0.4 is 5.32 Å². The number of rotatable bonds is 5. The Balaban J connectivity index is 2.17. The molecule has 1 saturated carbocycles. The van der Waals surface area contributed by atoms with Gasteiger partial charge in [-0.1, -0.05) is 13.0 Å². The summed E-state index contributed by atoms with van der Waals surface area (Å²) in [6.45, 7) is 4.27. The number of pyridine rings is 1.